The van der Waals surface area contributed by atoms with Gasteiger partial charge in [-0.05, 0) is 67.2 Å². The first kappa shape index (κ1) is 15.7. The van der Waals surface area contributed by atoms with Crippen LogP contribution >= 0.6 is 0 Å². The van der Waals surface area contributed by atoms with Gasteiger partial charge in [0.25, 0.3) is 0 Å². The highest BCUT2D eigenvalue weighted by molar-refractivity contribution is 6.62. The van der Waals surface area contributed by atoms with Crippen LogP contribution in [0.5, 0.6) is 0 Å². The lowest BCUT2D eigenvalue weighted by atomic mass is 9.77. The Kier molecular flexibility index (Phi) is 3.32. The zero-order chi connectivity index (χ0) is 17.1. The van der Waals surface area contributed by atoms with Crippen molar-refractivity contribution in [3.05, 3.63) is 54.1 Å². The number of fused-ring (bicyclic) bond motifs is 3. The topological polar surface area (TPSA) is 18.5 Å². The number of hydrogen-bond donors (Lipinski definition) is 0. The summed E-state index contributed by atoms with van der Waals surface area (Å²) in [7, 11) is -0.320. The van der Waals surface area contributed by atoms with Crippen LogP contribution in [0.3, 0.4) is 0 Å². The first-order valence-electron chi connectivity index (χ1n) is 8.56. The number of benzene rings is 3. The molecule has 1 saturated heterocycles. The van der Waals surface area contributed by atoms with E-state index in [0.29, 0.717) is 0 Å². The monoisotopic (exact) mass is 318 g/mol. The van der Waals surface area contributed by atoms with Gasteiger partial charge in [-0.25, -0.2) is 0 Å². The minimum atomic E-state index is -0.320. The maximum absolute atomic E-state index is 6.21. The van der Waals surface area contributed by atoms with Gasteiger partial charge >= 0.3 is 7.12 Å². The third-order valence-electron chi connectivity index (χ3n) is 5.62. The number of hydrogen-bond acceptors (Lipinski definition) is 2. The number of rotatable bonds is 1. The molecule has 0 N–H and O–H groups in total. The van der Waals surface area contributed by atoms with Crippen LogP contribution in [0, 0.1) is 6.92 Å². The van der Waals surface area contributed by atoms with Gasteiger partial charge in [0.2, 0.25) is 0 Å². The molecule has 0 saturated carbocycles. The van der Waals surface area contributed by atoms with E-state index in [4.69, 9.17) is 9.31 Å². The molecule has 0 aliphatic carbocycles. The summed E-state index contributed by atoms with van der Waals surface area (Å²) < 4.78 is 12.4. The molecule has 0 radical (unpaired) electrons. The van der Waals surface area contributed by atoms with Crippen LogP contribution in [0.4, 0.5) is 0 Å². The quantitative estimate of drug-likeness (QED) is 0.482. The van der Waals surface area contributed by atoms with Gasteiger partial charge in [0, 0.05) is 0 Å². The largest absolute Gasteiger partial charge is 0.494 e. The molecular weight excluding hydrogens is 295 g/mol. The Labute approximate surface area is 143 Å². The molecule has 4 rings (SSSR count). The number of aryl methyl sites for hydroxylation is 1. The van der Waals surface area contributed by atoms with Crippen LogP contribution < -0.4 is 5.46 Å². The Balaban J connectivity index is 1.88. The summed E-state index contributed by atoms with van der Waals surface area (Å²) in [5.74, 6) is 0. The Morgan fingerprint density at radius 2 is 1.38 bits per heavy atom. The van der Waals surface area contributed by atoms with Gasteiger partial charge in [-0.1, -0.05) is 48.5 Å². The van der Waals surface area contributed by atoms with Gasteiger partial charge in [0.15, 0.2) is 0 Å². The molecule has 122 valence electrons. The van der Waals surface area contributed by atoms with Gasteiger partial charge in [-0.15, -0.1) is 0 Å². The van der Waals surface area contributed by atoms with Crippen molar-refractivity contribution in [2.75, 3.05) is 0 Å². The zero-order valence-corrected chi connectivity index (χ0v) is 15.0. The highest BCUT2D eigenvalue weighted by Crippen LogP contribution is 2.37. The van der Waals surface area contributed by atoms with Crippen molar-refractivity contribution in [1.82, 2.24) is 0 Å². The fourth-order valence-electron chi connectivity index (χ4n) is 3.43. The molecule has 1 aliphatic rings. The predicted octanol–water partition coefficient (Wildman–Crippen LogP) is 4.60. The summed E-state index contributed by atoms with van der Waals surface area (Å²) in [6.45, 7) is 10.5. The molecule has 1 heterocycles. The maximum atomic E-state index is 6.21. The lowest BCUT2D eigenvalue weighted by Gasteiger charge is -2.32. The average molecular weight is 318 g/mol. The average Bonchev–Trinajstić information content (AvgIpc) is 2.75. The summed E-state index contributed by atoms with van der Waals surface area (Å²) in [6.07, 6.45) is 0. The Morgan fingerprint density at radius 1 is 0.750 bits per heavy atom. The zero-order valence-electron chi connectivity index (χ0n) is 15.0. The Hall–Kier alpha value is -1.84. The van der Waals surface area contributed by atoms with Crippen molar-refractivity contribution in [2.24, 2.45) is 0 Å². The fourth-order valence-corrected chi connectivity index (χ4v) is 3.43. The van der Waals surface area contributed by atoms with Crippen LogP contribution in [0.25, 0.3) is 21.5 Å². The maximum Gasteiger partial charge on any atom is 0.494 e. The van der Waals surface area contributed by atoms with Crippen molar-refractivity contribution in [3.63, 3.8) is 0 Å². The van der Waals surface area contributed by atoms with Gasteiger partial charge in [-0.3, -0.25) is 0 Å². The SMILES string of the molecule is Cc1cc2ccc(B3OC(C)(C)C(C)(C)O3)cc2c2ccccc12. The van der Waals surface area contributed by atoms with Gasteiger partial charge in [0.05, 0.1) is 11.2 Å². The molecule has 1 fully saturated rings. The normalized spacial score (nSPS) is 19.3. The van der Waals surface area contributed by atoms with Crippen LogP contribution in [0.1, 0.15) is 33.3 Å². The summed E-state index contributed by atoms with van der Waals surface area (Å²) in [5.41, 5.74) is 1.75. The molecule has 3 heteroatoms. The molecule has 0 unspecified atom stereocenters. The van der Waals surface area contributed by atoms with Crippen LogP contribution in [0.2, 0.25) is 0 Å². The summed E-state index contributed by atoms with van der Waals surface area (Å²) in [6, 6.07) is 17.4. The molecule has 0 atom stereocenters. The lowest BCUT2D eigenvalue weighted by Crippen LogP contribution is -2.41. The van der Waals surface area contributed by atoms with E-state index in [1.807, 2.05) is 0 Å². The van der Waals surface area contributed by atoms with Crippen molar-refractivity contribution in [3.8, 4) is 0 Å². The van der Waals surface area contributed by atoms with Crippen molar-refractivity contribution in [2.45, 2.75) is 45.8 Å². The predicted molar refractivity (Wildman–Crippen MR) is 102 cm³/mol. The van der Waals surface area contributed by atoms with E-state index in [0.717, 1.165) is 5.46 Å². The smallest absolute Gasteiger partial charge is 0.399 e. The van der Waals surface area contributed by atoms with E-state index in [-0.39, 0.29) is 18.3 Å². The van der Waals surface area contributed by atoms with Gasteiger partial charge in [-0.2, -0.15) is 0 Å². The minimum Gasteiger partial charge on any atom is -0.399 e. The summed E-state index contributed by atoms with van der Waals surface area (Å²) in [5, 5.41) is 5.09. The third-order valence-corrected chi connectivity index (χ3v) is 5.62. The van der Waals surface area contributed by atoms with E-state index >= 15 is 0 Å². The standard InChI is InChI=1S/C21H23BO2/c1-14-12-15-10-11-16(22-23-20(2,3)21(4,5)24-22)13-19(15)18-9-7-6-8-17(14)18/h6-13H,1-5H3. The minimum absolute atomic E-state index is 0.317. The van der Waals surface area contributed by atoms with Crippen molar-refractivity contribution < 1.29 is 9.31 Å². The molecule has 0 amide bonds. The van der Waals surface area contributed by atoms with Crippen LogP contribution in [-0.2, 0) is 9.31 Å². The second-order valence-electron chi connectivity index (χ2n) is 7.81. The molecule has 2 nitrogen and oxygen atoms in total. The van der Waals surface area contributed by atoms with E-state index in [9.17, 15) is 0 Å². The van der Waals surface area contributed by atoms with Gasteiger partial charge in [0.1, 0.15) is 0 Å². The van der Waals surface area contributed by atoms with E-state index in [2.05, 4.69) is 83.1 Å². The summed E-state index contributed by atoms with van der Waals surface area (Å²) in [4.78, 5) is 0. The molecule has 24 heavy (non-hydrogen) atoms. The second kappa shape index (κ2) is 5.08. The van der Waals surface area contributed by atoms with E-state index < -0.39 is 0 Å². The van der Waals surface area contributed by atoms with Crippen molar-refractivity contribution >= 4 is 34.1 Å². The fraction of sp³-hybridized carbons (Fsp3) is 0.333. The Morgan fingerprint density at radius 3 is 2.04 bits per heavy atom. The first-order valence-corrected chi connectivity index (χ1v) is 8.56. The van der Waals surface area contributed by atoms with Crippen LogP contribution in [-0.4, -0.2) is 18.3 Å². The van der Waals surface area contributed by atoms with E-state index in [1.165, 1.54) is 27.1 Å². The van der Waals surface area contributed by atoms with Gasteiger partial charge < -0.3 is 9.31 Å². The molecule has 3 aromatic carbocycles. The highest BCUT2D eigenvalue weighted by atomic mass is 16.7. The van der Waals surface area contributed by atoms with Crippen molar-refractivity contribution in [1.29, 1.82) is 0 Å². The lowest BCUT2D eigenvalue weighted by molar-refractivity contribution is 0.00578. The molecule has 0 spiro atoms. The molecule has 3 aromatic rings. The highest BCUT2D eigenvalue weighted by Gasteiger charge is 2.51. The summed E-state index contributed by atoms with van der Waals surface area (Å²) >= 11 is 0. The van der Waals surface area contributed by atoms with Crippen LogP contribution in [0.15, 0.2) is 48.5 Å². The molecule has 0 bridgehead atoms. The molecule has 0 aromatic heterocycles. The van der Waals surface area contributed by atoms with E-state index in [1.54, 1.807) is 0 Å². The second-order valence-corrected chi connectivity index (χ2v) is 7.81. The third kappa shape index (κ3) is 2.27. The first-order chi connectivity index (χ1) is 11.3. The Bertz CT molecular complexity index is 927. The molecule has 1 aliphatic heterocycles. The molecular formula is C21H23BO2.